The first-order chi connectivity index (χ1) is 7.97. The van der Waals surface area contributed by atoms with Crippen molar-refractivity contribution < 1.29 is 9.53 Å². The molecule has 0 fully saturated rings. The molecule has 1 aromatic rings. The number of aromatic nitrogens is 2. The number of nitrogens with zero attached hydrogens (tertiary/aromatic N) is 2. The highest BCUT2D eigenvalue weighted by molar-refractivity contribution is 14.1. The molecule has 0 aliphatic carbocycles. The number of rotatable bonds is 5. The lowest BCUT2D eigenvalue weighted by molar-refractivity contribution is -0.139. The van der Waals surface area contributed by atoms with Crippen LogP contribution in [0.5, 0.6) is 0 Å². The van der Waals surface area contributed by atoms with Gasteiger partial charge in [-0.1, -0.05) is 22.6 Å². The number of ether oxygens (including phenoxy) is 1. The van der Waals surface area contributed by atoms with Gasteiger partial charge < -0.3 is 10.1 Å². The van der Waals surface area contributed by atoms with Gasteiger partial charge in [0.05, 0.1) is 23.0 Å². The molecule has 96 valence electrons. The Kier molecular flexibility index (Phi) is 5.87. The number of hydrogen-bond acceptors (Lipinski definition) is 4. The molecule has 0 aromatic carbocycles. The maximum absolute atomic E-state index is 11.2. The summed E-state index contributed by atoms with van der Waals surface area (Å²) in [6, 6.07) is 0. The van der Waals surface area contributed by atoms with Gasteiger partial charge in [-0.2, -0.15) is 5.10 Å². The van der Waals surface area contributed by atoms with Crippen LogP contribution < -0.4 is 5.32 Å². The van der Waals surface area contributed by atoms with Crippen molar-refractivity contribution in [1.29, 1.82) is 0 Å². The average Bonchev–Trinajstić information content (AvgIpc) is 2.54. The summed E-state index contributed by atoms with van der Waals surface area (Å²) >= 11 is 5.56. The Hall–Kier alpha value is -0.150. The van der Waals surface area contributed by atoms with E-state index >= 15 is 0 Å². The lowest BCUT2D eigenvalue weighted by atomic mass is 10.3. The van der Waals surface area contributed by atoms with Gasteiger partial charge >= 0.3 is 5.97 Å². The Morgan fingerprint density at radius 1 is 1.71 bits per heavy atom. The monoisotopic (exact) mass is 415 g/mol. The van der Waals surface area contributed by atoms with Crippen LogP contribution in [0, 0.1) is 6.92 Å². The van der Waals surface area contributed by atoms with Crippen LogP contribution in [0.25, 0.3) is 0 Å². The van der Waals surface area contributed by atoms with E-state index in [9.17, 15) is 4.79 Å². The number of nitrogens with one attached hydrogen (secondary N) is 1. The van der Waals surface area contributed by atoms with E-state index in [1.165, 1.54) is 7.11 Å². The van der Waals surface area contributed by atoms with E-state index in [4.69, 9.17) is 0 Å². The lowest BCUT2D eigenvalue weighted by Crippen LogP contribution is -2.29. The molecule has 1 atom stereocenters. The Bertz CT molecular complexity index is 409. The average molecular weight is 416 g/mol. The van der Waals surface area contributed by atoms with E-state index in [2.05, 4.69) is 53.7 Å². The number of halogens is 2. The van der Waals surface area contributed by atoms with Crippen molar-refractivity contribution in [2.75, 3.05) is 13.7 Å². The largest absolute Gasteiger partial charge is 0.468 e. The van der Waals surface area contributed by atoms with E-state index in [0.29, 0.717) is 13.1 Å². The number of esters is 1. The zero-order chi connectivity index (χ0) is 13.0. The summed E-state index contributed by atoms with van der Waals surface area (Å²) in [6.45, 7) is 3.18. The van der Waals surface area contributed by atoms with Gasteiger partial charge in [-0.25, -0.2) is 0 Å². The molecular formula is C10H15BrIN3O2. The molecule has 1 aromatic heterocycles. The van der Waals surface area contributed by atoms with E-state index in [0.717, 1.165) is 15.9 Å². The van der Waals surface area contributed by atoms with Gasteiger partial charge in [-0.3, -0.25) is 9.48 Å². The molecule has 0 bridgehead atoms. The van der Waals surface area contributed by atoms with Crippen molar-refractivity contribution in [3.05, 3.63) is 15.9 Å². The second-order valence-corrected chi connectivity index (χ2v) is 5.89. The third kappa shape index (κ3) is 3.92. The van der Waals surface area contributed by atoms with Gasteiger partial charge in [0.1, 0.15) is 3.92 Å². The van der Waals surface area contributed by atoms with Crippen LogP contribution in [0.3, 0.4) is 0 Å². The lowest BCUT2D eigenvalue weighted by Gasteiger charge is -2.09. The second-order valence-electron chi connectivity index (χ2n) is 3.59. The third-order valence-electron chi connectivity index (χ3n) is 2.33. The standard InChI is InChI=1S/C10H15BrIN3O2/c1-6-9(11)8(15(2)14-6)5-13-4-7(12)10(16)17-3/h7,13H,4-5H2,1-3H3. The fourth-order valence-corrected chi connectivity index (χ4v) is 2.44. The normalized spacial score (nSPS) is 12.5. The molecule has 7 heteroatoms. The maximum atomic E-state index is 11.2. The highest BCUT2D eigenvalue weighted by atomic mass is 127. The highest BCUT2D eigenvalue weighted by Gasteiger charge is 2.15. The molecule has 17 heavy (non-hydrogen) atoms. The molecular weight excluding hydrogens is 401 g/mol. The molecule has 0 aliphatic rings. The van der Waals surface area contributed by atoms with Gasteiger partial charge in [-0.05, 0) is 22.9 Å². The van der Waals surface area contributed by atoms with Gasteiger partial charge in [0.15, 0.2) is 0 Å². The quantitative estimate of drug-likeness (QED) is 0.450. The Morgan fingerprint density at radius 3 is 2.82 bits per heavy atom. The summed E-state index contributed by atoms with van der Waals surface area (Å²) in [5.74, 6) is -0.210. The highest BCUT2D eigenvalue weighted by Crippen LogP contribution is 2.19. The fourth-order valence-electron chi connectivity index (χ4n) is 1.40. The molecule has 0 spiro atoms. The summed E-state index contributed by atoms with van der Waals surface area (Å²) in [5, 5.41) is 7.51. The maximum Gasteiger partial charge on any atom is 0.319 e. The van der Waals surface area contributed by atoms with Crippen molar-refractivity contribution in [2.45, 2.75) is 17.4 Å². The van der Waals surface area contributed by atoms with Crippen molar-refractivity contribution in [3.63, 3.8) is 0 Å². The van der Waals surface area contributed by atoms with Crippen molar-refractivity contribution in [3.8, 4) is 0 Å². The van der Waals surface area contributed by atoms with Gasteiger partial charge in [0, 0.05) is 20.1 Å². The van der Waals surface area contributed by atoms with Crippen LogP contribution in [-0.2, 0) is 23.1 Å². The van der Waals surface area contributed by atoms with E-state index in [1.54, 1.807) is 0 Å². The van der Waals surface area contributed by atoms with Crippen LogP contribution in [0.15, 0.2) is 4.47 Å². The Morgan fingerprint density at radius 2 is 2.35 bits per heavy atom. The number of aryl methyl sites for hydroxylation is 2. The van der Waals surface area contributed by atoms with E-state index in [-0.39, 0.29) is 9.89 Å². The third-order valence-corrected chi connectivity index (χ3v) is 4.32. The number of alkyl halides is 1. The first-order valence-electron chi connectivity index (χ1n) is 5.08. The second kappa shape index (κ2) is 6.69. The zero-order valence-electron chi connectivity index (χ0n) is 9.96. The molecule has 1 heterocycles. The van der Waals surface area contributed by atoms with Crippen LogP contribution in [0.2, 0.25) is 0 Å². The molecule has 1 rings (SSSR count). The fraction of sp³-hybridized carbons (Fsp3) is 0.600. The minimum absolute atomic E-state index is 0.175. The molecule has 0 radical (unpaired) electrons. The van der Waals surface area contributed by atoms with Gasteiger partial charge in [0.25, 0.3) is 0 Å². The van der Waals surface area contributed by atoms with Crippen LogP contribution in [-0.4, -0.2) is 33.3 Å². The molecule has 0 saturated heterocycles. The number of methoxy groups -OCH3 is 1. The Labute approximate surface area is 123 Å². The summed E-state index contributed by atoms with van der Waals surface area (Å²) in [6.07, 6.45) is 0. The molecule has 5 nitrogen and oxygen atoms in total. The van der Waals surface area contributed by atoms with Crippen molar-refractivity contribution >= 4 is 44.5 Å². The summed E-state index contributed by atoms with van der Waals surface area (Å²) in [5.41, 5.74) is 2.03. The van der Waals surface area contributed by atoms with E-state index < -0.39 is 0 Å². The predicted molar refractivity (Wildman–Crippen MR) is 77.2 cm³/mol. The number of carbonyl (C=O) groups is 1. The van der Waals surface area contributed by atoms with Crippen LogP contribution in [0.4, 0.5) is 0 Å². The molecule has 1 unspecified atom stereocenters. The molecule has 0 amide bonds. The van der Waals surface area contributed by atoms with Crippen molar-refractivity contribution in [1.82, 2.24) is 15.1 Å². The minimum Gasteiger partial charge on any atom is -0.468 e. The summed E-state index contributed by atoms with van der Waals surface area (Å²) in [4.78, 5) is 11.2. The summed E-state index contributed by atoms with van der Waals surface area (Å²) in [7, 11) is 3.30. The number of hydrogen-bond donors (Lipinski definition) is 1. The van der Waals surface area contributed by atoms with Crippen molar-refractivity contribution in [2.24, 2.45) is 7.05 Å². The molecule has 1 N–H and O–H groups in total. The number of carbonyl (C=O) groups excluding carboxylic acids is 1. The zero-order valence-corrected chi connectivity index (χ0v) is 13.7. The Balaban J connectivity index is 2.49. The predicted octanol–water partition coefficient (Wildman–Crippen LogP) is 1.56. The van der Waals surface area contributed by atoms with Crippen LogP contribution in [0.1, 0.15) is 11.4 Å². The SMILES string of the molecule is COC(=O)C(I)CNCc1c(Br)c(C)nn1C. The minimum atomic E-state index is -0.210. The topological polar surface area (TPSA) is 56.1 Å². The smallest absolute Gasteiger partial charge is 0.319 e. The van der Waals surface area contributed by atoms with Gasteiger partial charge in [0.2, 0.25) is 0 Å². The van der Waals surface area contributed by atoms with Gasteiger partial charge in [-0.15, -0.1) is 0 Å². The van der Waals surface area contributed by atoms with E-state index in [1.807, 2.05) is 18.7 Å². The summed E-state index contributed by atoms with van der Waals surface area (Å²) < 4.78 is 7.31. The van der Waals surface area contributed by atoms with Crippen LogP contribution >= 0.6 is 38.5 Å². The molecule has 0 aliphatic heterocycles. The molecule has 0 saturated carbocycles. The first-order valence-corrected chi connectivity index (χ1v) is 7.11. The first kappa shape index (κ1) is 14.9.